The fraction of sp³-hybridized carbons (Fsp3) is 0.136. The highest BCUT2D eigenvalue weighted by atomic mass is 19.3. The van der Waals surface area contributed by atoms with E-state index in [0.29, 0.717) is 23.8 Å². The molecule has 1 N–H and O–H groups in total. The summed E-state index contributed by atoms with van der Waals surface area (Å²) in [6.07, 6.45) is 0. The van der Waals surface area contributed by atoms with Crippen molar-refractivity contribution in [1.29, 1.82) is 0 Å². The Bertz CT molecular complexity index is 1280. The number of alkyl halides is 2. The number of nitrogens with zero attached hydrogens (tertiary/aromatic N) is 3. The lowest BCUT2D eigenvalue weighted by molar-refractivity contribution is -0.396. The molecule has 1 aliphatic heterocycles. The first-order valence-electron chi connectivity index (χ1n) is 9.58. The van der Waals surface area contributed by atoms with Crippen LogP contribution in [0.15, 0.2) is 72.8 Å². The van der Waals surface area contributed by atoms with Crippen molar-refractivity contribution in [2.24, 2.45) is 0 Å². The minimum absolute atomic E-state index is 0.0260. The number of carbonyl (C=O) groups excluding carboxylic acids is 1. The Morgan fingerprint density at radius 3 is 2.21 bits per heavy atom. The molecule has 0 aromatic heterocycles. The van der Waals surface area contributed by atoms with Crippen molar-refractivity contribution in [2.45, 2.75) is 18.1 Å². The standard InChI is InChI=1S/C22H15F2N3O6/c23-22(24,17-11-10-15(26(30)31)12-19(17)27(32)33)21(29)16-8-4-5-9-18(16)25(20(21)28)13-14-6-2-1-3-7-14/h1-12,29H,13H2/t21-/m0/s1. The fourth-order valence-electron chi connectivity index (χ4n) is 3.91. The van der Waals surface area contributed by atoms with Crippen molar-refractivity contribution >= 4 is 23.0 Å². The number of aliphatic hydroxyl groups is 1. The van der Waals surface area contributed by atoms with Crippen LogP contribution in [0, 0.1) is 20.2 Å². The van der Waals surface area contributed by atoms with E-state index >= 15 is 8.78 Å². The Hall–Kier alpha value is -4.25. The molecule has 168 valence electrons. The van der Waals surface area contributed by atoms with Crippen LogP contribution in [0.25, 0.3) is 0 Å². The average molecular weight is 455 g/mol. The van der Waals surface area contributed by atoms with E-state index in [1.165, 1.54) is 18.2 Å². The van der Waals surface area contributed by atoms with Gasteiger partial charge >= 0.3 is 5.92 Å². The number of amides is 1. The van der Waals surface area contributed by atoms with Crippen LogP contribution in [-0.2, 0) is 22.9 Å². The van der Waals surface area contributed by atoms with Crippen LogP contribution >= 0.6 is 0 Å². The zero-order valence-electron chi connectivity index (χ0n) is 16.7. The number of rotatable bonds is 6. The molecule has 0 radical (unpaired) electrons. The number of anilines is 1. The zero-order chi connectivity index (χ0) is 24.0. The van der Waals surface area contributed by atoms with Crippen molar-refractivity contribution in [2.75, 3.05) is 4.90 Å². The summed E-state index contributed by atoms with van der Waals surface area (Å²) in [7, 11) is 0. The third-order valence-corrected chi connectivity index (χ3v) is 5.50. The van der Waals surface area contributed by atoms with E-state index in [4.69, 9.17) is 0 Å². The summed E-state index contributed by atoms with van der Waals surface area (Å²) in [6.45, 7) is -0.128. The van der Waals surface area contributed by atoms with Gasteiger partial charge in [0, 0.05) is 11.6 Å². The highest BCUT2D eigenvalue weighted by Gasteiger charge is 2.67. The zero-order valence-corrected chi connectivity index (χ0v) is 16.7. The van der Waals surface area contributed by atoms with E-state index in [1.807, 2.05) is 0 Å². The maximum atomic E-state index is 15.9. The van der Waals surface area contributed by atoms with Crippen molar-refractivity contribution < 1.29 is 28.5 Å². The molecule has 11 heteroatoms. The van der Waals surface area contributed by atoms with Gasteiger partial charge in [-0.3, -0.25) is 25.0 Å². The lowest BCUT2D eigenvalue weighted by atomic mass is 9.83. The number of nitro benzene ring substituents is 2. The van der Waals surface area contributed by atoms with Gasteiger partial charge in [-0.25, -0.2) is 0 Å². The normalized spacial score (nSPS) is 17.7. The van der Waals surface area contributed by atoms with Gasteiger partial charge < -0.3 is 10.0 Å². The second-order valence-electron chi connectivity index (χ2n) is 7.39. The van der Waals surface area contributed by atoms with Gasteiger partial charge in [-0.1, -0.05) is 48.5 Å². The molecule has 0 fully saturated rings. The van der Waals surface area contributed by atoms with Gasteiger partial charge in [0.25, 0.3) is 17.3 Å². The number of hydrogen-bond donors (Lipinski definition) is 1. The minimum Gasteiger partial charge on any atom is -0.370 e. The molecule has 1 amide bonds. The van der Waals surface area contributed by atoms with Crippen molar-refractivity contribution in [3.63, 3.8) is 0 Å². The maximum absolute atomic E-state index is 15.9. The van der Waals surface area contributed by atoms with Crippen LogP contribution in [0.4, 0.5) is 25.8 Å². The van der Waals surface area contributed by atoms with Gasteiger partial charge in [-0.15, -0.1) is 0 Å². The summed E-state index contributed by atoms with van der Waals surface area (Å²) in [5.74, 6) is -5.87. The monoisotopic (exact) mass is 455 g/mol. The predicted molar refractivity (Wildman–Crippen MR) is 112 cm³/mol. The highest BCUT2D eigenvalue weighted by Crippen LogP contribution is 2.55. The molecule has 3 aromatic carbocycles. The molecule has 3 aromatic rings. The number of benzene rings is 3. The molecule has 33 heavy (non-hydrogen) atoms. The van der Waals surface area contributed by atoms with Crippen LogP contribution in [0.5, 0.6) is 0 Å². The van der Waals surface area contributed by atoms with Crippen LogP contribution in [0.1, 0.15) is 16.7 Å². The van der Waals surface area contributed by atoms with Gasteiger partial charge in [0.05, 0.1) is 28.1 Å². The molecule has 1 atom stereocenters. The first kappa shape index (κ1) is 22.0. The van der Waals surface area contributed by atoms with E-state index in [0.717, 1.165) is 11.0 Å². The quantitative estimate of drug-likeness (QED) is 0.442. The number of fused-ring (bicyclic) bond motifs is 1. The molecule has 0 spiro atoms. The minimum atomic E-state index is -4.50. The second kappa shape index (κ2) is 7.71. The molecule has 0 saturated heterocycles. The molecule has 0 bridgehead atoms. The number of non-ortho nitro benzene ring substituents is 1. The Balaban J connectivity index is 1.88. The van der Waals surface area contributed by atoms with Gasteiger partial charge in [0.1, 0.15) is 5.56 Å². The Morgan fingerprint density at radius 1 is 0.939 bits per heavy atom. The molecule has 1 aliphatic rings. The summed E-state index contributed by atoms with van der Waals surface area (Å²) >= 11 is 0. The summed E-state index contributed by atoms with van der Waals surface area (Å²) in [6, 6.07) is 15.4. The highest BCUT2D eigenvalue weighted by molar-refractivity contribution is 6.07. The number of carbonyl (C=O) groups is 1. The average Bonchev–Trinajstić information content (AvgIpc) is 3.02. The van der Waals surface area contributed by atoms with Gasteiger partial charge in [0.2, 0.25) is 5.60 Å². The molecule has 9 nitrogen and oxygen atoms in total. The third-order valence-electron chi connectivity index (χ3n) is 5.50. The summed E-state index contributed by atoms with van der Waals surface area (Å²) in [5, 5.41) is 33.7. The largest absolute Gasteiger partial charge is 0.370 e. The molecule has 0 aliphatic carbocycles. The van der Waals surface area contributed by atoms with E-state index in [-0.39, 0.29) is 12.2 Å². The van der Waals surface area contributed by atoms with E-state index in [9.17, 15) is 30.1 Å². The van der Waals surface area contributed by atoms with Crippen LogP contribution < -0.4 is 4.90 Å². The first-order chi connectivity index (χ1) is 15.6. The molecular weight excluding hydrogens is 440 g/mol. The second-order valence-corrected chi connectivity index (χ2v) is 7.39. The summed E-state index contributed by atoms with van der Waals surface area (Å²) < 4.78 is 31.7. The maximum Gasteiger partial charge on any atom is 0.321 e. The van der Waals surface area contributed by atoms with Crippen molar-refractivity contribution in [3.8, 4) is 0 Å². The van der Waals surface area contributed by atoms with Crippen molar-refractivity contribution in [1.82, 2.24) is 0 Å². The Labute approximate surface area is 184 Å². The lowest BCUT2D eigenvalue weighted by Crippen LogP contribution is -2.51. The summed E-state index contributed by atoms with van der Waals surface area (Å²) in [5.41, 5.74) is -6.65. The molecule has 1 heterocycles. The van der Waals surface area contributed by atoms with Gasteiger partial charge in [-0.2, -0.15) is 8.78 Å². The fourth-order valence-corrected chi connectivity index (χ4v) is 3.91. The van der Waals surface area contributed by atoms with E-state index in [2.05, 4.69) is 0 Å². The smallest absolute Gasteiger partial charge is 0.321 e. The first-order valence-corrected chi connectivity index (χ1v) is 9.58. The lowest BCUT2D eigenvalue weighted by Gasteiger charge is -2.31. The van der Waals surface area contributed by atoms with Crippen LogP contribution in [-0.4, -0.2) is 20.9 Å². The SMILES string of the molecule is O=C1N(Cc2ccccc2)c2ccccc2[C@@]1(O)C(F)(F)c1ccc([N+](=O)[O-])cc1[N+](=O)[O-]. The third kappa shape index (κ3) is 3.29. The Morgan fingerprint density at radius 2 is 1.58 bits per heavy atom. The number of halogens is 2. The molecular formula is C22H15F2N3O6. The van der Waals surface area contributed by atoms with Crippen LogP contribution in [0.3, 0.4) is 0 Å². The number of hydrogen-bond acceptors (Lipinski definition) is 6. The van der Waals surface area contributed by atoms with Crippen molar-refractivity contribution in [3.05, 3.63) is 110 Å². The topological polar surface area (TPSA) is 127 Å². The molecule has 4 rings (SSSR count). The Kier molecular flexibility index (Phi) is 5.13. The number of para-hydroxylation sites is 1. The summed E-state index contributed by atoms with van der Waals surface area (Å²) in [4.78, 5) is 34.5. The van der Waals surface area contributed by atoms with Gasteiger partial charge in [0.15, 0.2) is 0 Å². The van der Waals surface area contributed by atoms with E-state index in [1.54, 1.807) is 30.3 Å². The molecule has 0 unspecified atom stereocenters. The molecule has 0 saturated carbocycles. The van der Waals surface area contributed by atoms with Crippen LogP contribution in [0.2, 0.25) is 0 Å². The number of nitro groups is 2. The predicted octanol–water partition coefficient (Wildman–Crippen LogP) is 4.03. The van der Waals surface area contributed by atoms with Gasteiger partial charge in [-0.05, 0) is 17.7 Å². The van der Waals surface area contributed by atoms with E-state index < -0.39 is 49.8 Å².